The normalized spacial score (nSPS) is 12.8. The number of halogens is 2. The summed E-state index contributed by atoms with van der Waals surface area (Å²) in [6.45, 7) is 0.756. The first-order valence-corrected chi connectivity index (χ1v) is 6.77. The molecule has 1 aromatic carbocycles. The van der Waals surface area contributed by atoms with E-state index >= 15 is 0 Å². The second-order valence-corrected chi connectivity index (χ2v) is 4.93. The number of amides is 1. The zero-order valence-corrected chi connectivity index (χ0v) is 13.6. The number of aromatic nitrogens is 3. The summed E-state index contributed by atoms with van der Waals surface area (Å²) in [5, 5.41) is 6.55. The Morgan fingerprint density at radius 2 is 2.18 bits per heavy atom. The van der Waals surface area contributed by atoms with E-state index in [4.69, 9.17) is 5.73 Å². The number of nitrogens with one attached hydrogen (secondary N) is 1. The summed E-state index contributed by atoms with van der Waals surface area (Å²) < 4.78 is 0. The minimum absolute atomic E-state index is 0. The second-order valence-electron chi connectivity index (χ2n) is 4.93. The highest BCUT2D eigenvalue weighted by molar-refractivity contribution is 5.95. The van der Waals surface area contributed by atoms with Gasteiger partial charge in [0, 0.05) is 30.8 Å². The molecule has 3 N–H and O–H groups in total. The highest BCUT2D eigenvalue weighted by Gasteiger charge is 2.23. The van der Waals surface area contributed by atoms with Gasteiger partial charge < -0.3 is 10.6 Å². The minimum atomic E-state index is 0. The molecule has 0 fully saturated rings. The molecule has 0 aliphatic carbocycles. The molecular formula is C14H19Cl2N5O. The van der Waals surface area contributed by atoms with Crippen molar-refractivity contribution >= 4 is 42.1 Å². The standard InChI is InChI=1S/C14H17N5O.2ClH/c15-11-4-1-5-12-10(11)3-2-8-19(12)14(20)7-6-13-16-9-17-18-13;;/h1,4-5,9H,2-3,6-8,15H2,(H,16,17,18);2*1H. The maximum absolute atomic E-state index is 12.4. The number of hydrogen-bond donors (Lipinski definition) is 2. The predicted octanol–water partition coefficient (Wildman–Crippen LogP) is 2.14. The van der Waals surface area contributed by atoms with E-state index in [0.29, 0.717) is 12.8 Å². The molecule has 1 aromatic heterocycles. The zero-order chi connectivity index (χ0) is 13.9. The van der Waals surface area contributed by atoms with Crippen molar-refractivity contribution in [1.29, 1.82) is 0 Å². The Labute approximate surface area is 141 Å². The summed E-state index contributed by atoms with van der Waals surface area (Å²) in [6.07, 6.45) is 4.34. The van der Waals surface area contributed by atoms with Crippen molar-refractivity contribution in [3.8, 4) is 0 Å². The topological polar surface area (TPSA) is 87.9 Å². The van der Waals surface area contributed by atoms with Crippen LogP contribution in [0.5, 0.6) is 0 Å². The third kappa shape index (κ3) is 3.69. The first-order chi connectivity index (χ1) is 9.75. The quantitative estimate of drug-likeness (QED) is 0.835. The Hall–Kier alpha value is -1.79. The molecule has 0 bridgehead atoms. The number of rotatable bonds is 3. The molecule has 0 unspecified atom stereocenters. The molecule has 0 saturated carbocycles. The number of anilines is 2. The van der Waals surface area contributed by atoms with Gasteiger partial charge in [-0.1, -0.05) is 6.07 Å². The molecule has 0 saturated heterocycles. The summed E-state index contributed by atoms with van der Waals surface area (Å²) in [7, 11) is 0. The van der Waals surface area contributed by atoms with Crippen LogP contribution in [-0.2, 0) is 17.6 Å². The highest BCUT2D eigenvalue weighted by Crippen LogP contribution is 2.31. The smallest absolute Gasteiger partial charge is 0.227 e. The lowest BCUT2D eigenvalue weighted by atomic mass is 9.99. The van der Waals surface area contributed by atoms with Crippen LogP contribution in [0.15, 0.2) is 24.5 Å². The molecule has 0 spiro atoms. The number of nitrogen functional groups attached to an aromatic ring is 1. The van der Waals surface area contributed by atoms with Gasteiger partial charge >= 0.3 is 0 Å². The fourth-order valence-electron chi connectivity index (χ4n) is 2.62. The molecule has 8 heteroatoms. The Morgan fingerprint density at radius 1 is 1.36 bits per heavy atom. The van der Waals surface area contributed by atoms with Crippen LogP contribution in [-0.4, -0.2) is 27.6 Å². The van der Waals surface area contributed by atoms with Crippen molar-refractivity contribution in [2.45, 2.75) is 25.7 Å². The molecule has 6 nitrogen and oxygen atoms in total. The van der Waals surface area contributed by atoms with Gasteiger partial charge in [-0.2, -0.15) is 5.10 Å². The predicted molar refractivity (Wildman–Crippen MR) is 90.7 cm³/mol. The summed E-state index contributed by atoms with van der Waals surface area (Å²) in [5.41, 5.74) is 8.81. The van der Waals surface area contributed by atoms with Crippen molar-refractivity contribution in [3.05, 3.63) is 35.9 Å². The third-order valence-electron chi connectivity index (χ3n) is 3.63. The lowest BCUT2D eigenvalue weighted by molar-refractivity contribution is -0.118. The number of hydrogen-bond acceptors (Lipinski definition) is 4. The number of fused-ring (bicyclic) bond motifs is 1. The Morgan fingerprint density at radius 3 is 2.91 bits per heavy atom. The number of carbonyl (C=O) groups excluding carboxylic acids is 1. The average Bonchev–Trinajstić information content (AvgIpc) is 2.98. The summed E-state index contributed by atoms with van der Waals surface area (Å²) >= 11 is 0. The third-order valence-corrected chi connectivity index (χ3v) is 3.63. The lowest BCUT2D eigenvalue weighted by Crippen LogP contribution is -2.35. The number of nitrogens with zero attached hydrogens (tertiary/aromatic N) is 3. The van der Waals surface area contributed by atoms with Crippen molar-refractivity contribution in [3.63, 3.8) is 0 Å². The van der Waals surface area contributed by atoms with Crippen molar-refractivity contribution in [1.82, 2.24) is 15.2 Å². The van der Waals surface area contributed by atoms with Gasteiger partial charge in [0.15, 0.2) is 0 Å². The van der Waals surface area contributed by atoms with E-state index in [0.717, 1.165) is 42.1 Å². The van der Waals surface area contributed by atoms with Gasteiger partial charge in [-0.05, 0) is 30.5 Å². The molecule has 0 atom stereocenters. The number of aryl methyl sites for hydroxylation is 1. The van der Waals surface area contributed by atoms with Crippen molar-refractivity contribution < 1.29 is 4.79 Å². The fraction of sp³-hybridized carbons (Fsp3) is 0.357. The average molecular weight is 344 g/mol. The van der Waals surface area contributed by atoms with E-state index in [-0.39, 0.29) is 30.7 Å². The van der Waals surface area contributed by atoms with E-state index in [1.807, 2.05) is 23.1 Å². The first kappa shape index (κ1) is 18.3. The number of carbonyl (C=O) groups is 1. The van der Waals surface area contributed by atoms with Crippen LogP contribution in [0.2, 0.25) is 0 Å². The zero-order valence-electron chi connectivity index (χ0n) is 12.0. The Bertz CT molecular complexity index is 618. The monoisotopic (exact) mass is 343 g/mol. The summed E-state index contributed by atoms with van der Waals surface area (Å²) in [6, 6.07) is 5.76. The van der Waals surface area contributed by atoms with Gasteiger partial charge in [0.25, 0.3) is 0 Å². The number of nitrogens with two attached hydrogens (primary N) is 1. The van der Waals surface area contributed by atoms with Crippen LogP contribution < -0.4 is 10.6 Å². The van der Waals surface area contributed by atoms with Crippen LogP contribution >= 0.6 is 24.8 Å². The van der Waals surface area contributed by atoms with E-state index in [1.165, 1.54) is 6.33 Å². The van der Waals surface area contributed by atoms with E-state index in [9.17, 15) is 4.79 Å². The van der Waals surface area contributed by atoms with Crippen LogP contribution in [0.1, 0.15) is 24.2 Å². The number of aromatic amines is 1. The molecule has 1 aliphatic heterocycles. The van der Waals surface area contributed by atoms with Crippen LogP contribution in [0.4, 0.5) is 11.4 Å². The SMILES string of the molecule is Cl.Cl.Nc1cccc2c1CCCN2C(=O)CCc1ncn[nH]1. The molecule has 1 amide bonds. The Kier molecular flexibility index (Phi) is 6.64. The van der Waals surface area contributed by atoms with Gasteiger partial charge in [-0.3, -0.25) is 9.89 Å². The van der Waals surface area contributed by atoms with Gasteiger partial charge in [0.1, 0.15) is 12.2 Å². The second kappa shape index (κ2) is 8.00. The number of benzene rings is 1. The van der Waals surface area contributed by atoms with Gasteiger partial charge in [-0.25, -0.2) is 4.98 Å². The van der Waals surface area contributed by atoms with Crippen molar-refractivity contribution in [2.75, 3.05) is 17.2 Å². The maximum atomic E-state index is 12.4. The van der Waals surface area contributed by atoms with Gasteiger partial charge in [-0.15, -0.1) is 24.8 Å². The molecular weight excluding hydrogens is 325 g/mol. The highest BCUT2D eigenvalue weighted by atomic mass is 35.5. The number of H-pyrrole nitrogens is 1. The van der Waals surface area contributed by atoms with E-state index < -0.39 is 0 Å². The molecule has 3 rings (SSSR count). The molecule has 22 heavy (non-hydrogen) atoms. The first-order valence-electron chi connectivity index (χ1n) is 6.77. The largest absolute Gasteiger partial charge is 0.398 e. The summed E-state index contributed by atoms with van der Waals surface area (Å²) in [4.78, 5) is 18.3. The molecule has 120 valence electrons. The van der Waals surface area contributed by atoms with Gasteiger partial charge in [0.2, 0.25) is 5.91 Å². The molecule has 0 radical (unpaired) electrons. The van der Waals surface area contributed by atoms with Crippen LogP contribution in [0, 0.1) is 0 Å². The van der Waals surface area contributed by atoms with E-state index in [2.05, 4.69) is 15.2 Å². The minimum Gasteiger partial charge on any atom is -0.398 e. The van der Waals surface area contributed by atoms with Gasteiger partial charge in [0.05, 0.1) is 0 Å². The van der Waals surface area contributed by atoms with Crippen LogP contribution in [0.3, 0.4) is 0 Å². The lowest BCUT2D eigenvalue weighted by Gasteiger charge is -2.30. The fourth-order valence-corrected chi connectivity index (χ4v) is 2.62. The van der Waals surface area contributed by atoms with Crippen LogP contribution in [0.25, 0.3) is 0 Å². The van der Waals surface area contributed by atoms with Crippen molar-refractivity contribution in [2.24, 2.45) is 0 Å². The van der Waals surface area contributed by atoms with E-state index in [1.54, 1.807) is 0 Å². The Balaban J connectivity index is 0.00000121. The maximum Gasteiger partial charge on any atom is 0.227 e. The molecule has 2 heterocycles. The molecule has 1 aliphatic rings. The molecule has 2 aromatic rings. The summed E-state index contributed by atoms with van der Waals surface area (Å²) in [5.74, 6) is 0.844.